The minimum atomic E-state index is -0.699. The van der Waals surface area contributed by atoms with Gasteiger partial charge < -0.3 is 14.9 Å². The fourth-order valence-electron chi connectivity index (χ4n) is 3.25. The van der Waals surface area contributed by atoms with Crippen LogP contribution in [-0.2, 0) is 11.2 Å². The summed E-state index contributed by atoms with van der Waals surface area (Å²) in [6.07, 6.45) is 9.81. The average molecular weight is 411 g/mol. The molecule has 0 saturated carbocycles. The Balaban J connectivity index is 2.06. The molecular weight excluding hydrogens is 388 g/mol. The van der Waals surface area contributed by atoms with Crippen molar-refractivity contribution in [1.82, 2.24) is 0 Å². The average Bonchev–Trinajstić information content (AvgIpc) is 2.70. The zero-order chi connectivity index (χ0) is 20.8. The topological polar surface area (TPSA) is 66.8 Å². The first-order chi connectivity index (χ1) is 14.0. The number of hydrogen-bond donors (Lipinski definition) is 2. The van der Waals surface area contributed by atoms with Crippen LogP contribution in [0.2, 0.25) is 5.02 Å². The highest BCUT2D eigenvalue weighted by atomic mass is 35.5. The number of aromatic hydroxyl groups is 2. The molecule has 1 unspecified atom stereocenters. The van der Waals surface area contributed by atoms with E-state index < -0.39 is 12.1 Å². The Morgan fingerprint density at radius 1 is 1.03 bits per heavy atom. The quantitative estimate of drug-likeness (QED) is 0.444. The van der Waals surface area contributed by atoms with Gasteiger partial charge in [0.1, 0.15) is 23.2 Å². The van der Waals surface area contributed by atoms with Gasteiger partial charge >= 0.3 is 5.97 Å². The number of allylic oxidation sites excluding steroid dienone is 4. The maximum atomic E-state index is 13.1. The summed E-state index contributed by atoms with van der Waals surface area (Å²) in [5.74, 6) is -1.37. The van der Waals surface area contributed by atoms with Crippen LogP contribution in [-0.4, -0.2) is 16.2 Å². The number of halogens is 1. The van der Waals surface area contributed by atoms with Gasteiger partial charge in [0.15, 0.2) is 0 Å². The standard InChI is InChI=1S/C24H23ClO4/c1-16-10-6-3-2-4-9-13-21(17-11-7-5-8-12-17)29-24(28)22-18(14-16)23(25)20(27)15-19(22)26/h4-12,15,21,26-27H,1-3,13-14H2/b9-4+,10-6+. The molecule has 0 fully saturated rings. The van der Waals surface area contributed by atoms with Gasteiger partial charge in [0.25, 0.3) is 0 Å². The second-order valence-electron chi connectivity index (χ2n) is 6.91. The van der Waals surface area contributed by atoms with Crippen LogP contribution in [0.25, 0.3) is 0 Å². The number of rotatable bonds is 1. The lowest BCUT2D eigenvalue weighted by Crippen LogP contribution is -2.14. The molecule has 2 aromatic carbocycles. The maximum absolute atomic E-state index is 13.1. The smallest absolute Gasteiger partial charge is 0.342 e. The van der Waals surface area contributed by atoms with E-state index >= 15 is 0 Å². The third-order valence-corrected chi connectivity index (χ3v) is 5.14. The Bertz CT molecular complexity index is 961. The molecule has 150 valence electrons. The van der Waals surface area contributed by atoms with Crippen LogP contribution >= 0.6 is 11.6 Å². The molecule has 2 N–H and O–H groups in total. The molecule has 4 nitrogen and oxygen atoms in total. The third-order valence-electron chi connectivity index (χ3n) is 4.72. The molecule has 0 amide bonds. The van der Waals surface area contributed by atoms with Crippen LogP contribution in [0, 0.1) is 0 Å². The SMILES string of the molecule is C=C1/C=C/CC/C=C/CC(c2ccccc2)OC(=O)c2c(O)cc(O)c(Cl)c2C1. The van der Waals surface area contributed by atoms with Crippen LogP contribution in [0.3, 0.4) is 0 Å². The number of carbonyl (C=O) groups excluding carboxylic acids is 1. The molecule has 1 atom stereocenters. The maximum Gasteiger partial charge on any atom is 0.342 e. The minimum Gasteiger partial charge on any atom is -0.507 e. The number of ether oxygens (including phenoxy) is 1. The number of hydrogen-bond acceptors (Lipinski definition) is 4. The highest BCUT2D eigenvalue weighted by Gasteiger charge is 2.26. The molecule has 1 aliphatic rings. The fraction of sp³-hybridized carbons (Fsp3) is 0.208. The van der Waals surface area contributed by atoms with Crippen LogP contribution in [0.1, 0.15) is 46.9 Å². The molecule has 0 spiro atoms. The van der Waals surface area contributed by atoms with Gasteiger partial charge in [0.05, 0.1) is 5.02 Å². The van der Waals surface area contributed by atoms with Crippen LogP contribution < -0.4 is 0 Å². The van der Waals surface area contributed by atoms with E-state index in [1.807, 2.05) is 48.6 Å². The van der Waals surface area contributed by atoms with Gasteiger partial charge in [-0.1, -0.05) is 78.4 Å². The molecule has 3 rings (SSSR count). The highest BCUT2D eigenvalue weighted by Crippen LogP contribution is 2.38. The van der Waals surface area contributed by atoms with Crippen molar-refractivity contribution in [3.8, 4) is 11.5 Å². The summed E-state index contributed by atoms with van der Waals surface area (Å²) in [6, 6.07) is 10.5. The van der Waals surface area contributed by atoms with E-state index in [-0.39, 0.29) is 28.5 Å². The molecular formula is C24H23ClO4. The predicted molar refractivity (Wildman–Crippen MR) is 114 cm³/mol. The molecule has 1 aliphatic heterocycles. The summed E-state index contributed by atoms with van der Waals surface area (Å²) < 4.78 is 5.78. The second-order valence-corrected chi connectivity index (χ2v) is 7.29. The van der Waals surface area contributed by atoms with E-state index in [0.717, 1.165) is 24.5 Å². The van der Waals surface area contributed by atoms with E-state index in [1.165, 1.54) is 0 Å². The van der Waals surface area contributed by atoms with Gasteiger partial charge in [0, 0.05) is 12.5 Å². The molecule has 0 aromatic heterocycles. The van der Waals surface area contributed by atoms with Crippen molar-refractivity contribution in [2.24, 2.45) is 0 Å². The first-order valence-corrected chi connectivity index (χ1v) is 9.83. The van der Waals surface area contributed by atoms with Crippen LogP contribution in [0.15, 0.2) is 72.9 Å². The van der Waals surface area contributed by atoms with E-state index in [1.54, 1.807) is 0 Å². The van der Waals surface area contributed by atoms with Gasteiger partial charge in [-0.05, 0) is 30.4 Å². The molecule has 0 bridgehead atoms. The lowest BCUT2D eigenvalue weighted by atomic mass is 9.98. The Morgan fingerprint density at radius 3 is 2.52 bits per heavy atom. The van der Waals surface area contributed by atoms with Crippen molar-refractivity contribution in [2.75, 3.05) is 0 Å². The van der Waals surface area contributed by atoms with E-state index in [2.05, 4.69) is 12.7 Å². The molecule has 0 saturated heterocycles. The van der Waals surface area contributed by atoms with Crippen molar-refractivity contribution in [2.45, 2.75) is 31.8 Å². The zero-order valence-corrected chi connectivity index (χ0v) is 16.7. The lowest BCUT2D eigenvalue weighted by molar-refractivity contribution is 0.0299. The third kappa shape index (κ3) is 5.09. The Labute approximate surface area is 175 Å². The summed E-state index contributed by atoms with van der Waals surface area (Å²) in [4.78, 5) is 13.1. The van der Waals surface area contributed by atoms with Gasteiger partial charge in [0.2, 0.25) is 0 Å². The van der Waals surface area contributed by atoms with Gasteiger partial charge in [-0.15, -0.1) is 0 Å². The number of phenolic OH excluding ortho intramolecular Hbond substituents is 2. The number of esters is 1. The summed E-state index contributed by atoms with van der Waals surface area (Å²) in [7, 11) is 0. The molecule has 2 aromatic rings. The summed E-state index contributed by atoms with van der Waals surface area (Å²) in [5.41, 5.74) is 1.80. The molecule has 5 heteroatoms. The van der Waals surface area contributed by atoms with Crippen molar-refractivity contribution >= 4 is 17.6 Å². The normalized spacial score (nSPS) is 20.2. The molecule has 0 aliphatic carbocycles. The molecule has 1 heterocycles. The van der Waals surface area contributed by atoms with Crippen molar-refractivity contribution in [3.05, 3.63) is 94.6 Å². The number of cyclic esters (lactones) is 1. The zero-order valence-electron chi connectivity index (χ0n) is 16.0. The largest absolute Gasteiger partial charge is 0.507 e. The van der Waals surface area contributed by atoms with Crippen molar-refractivity contribution in [3.63, 3.8) is 0 Å². The van der Waals surface area contributed by atoms with Gasteiger partial charge in [-0.2, -0.15) is 0 Å². The first-order valence-electron chi connectivity index (χ1n) is 9.46. The summed E-state index contributed by atoms with van der Waals surface area (Å²) >= 11 is 6.27. The monoisotopic (exact) mass is 410 g/mol. The van der Waals surface area contributed by atoms with Crippen LogP contribution in [0.4, 0.5) is 0 Å². The summed E-state index contributed by atoms with van der Waals surface area (Å²) in [5, 5.41) is 20.4. The van der Waals surface area contributed by atoms with Crippen molar-refractivity contribution in [1.29, 1.82) is 0 Å². The van der Waals surface area contributed by atoms with Gasteiger partial charge in [-0.25, -0.2) is 4.79 Å². The van der Waals surface area contributed by atoms with Gasteiger partial charge in [-0.3, -0.25) is 0 Å². The minimum absolute atomic E-state index is 0.00699. The lowest BCUT2D eigenvalue weighted by Gasteiger charge is -2.20. The predicted octanol–water partition coefficient (Wildman–Crippen LogP) is 6.04. The van der Waals surface area contributed by atoms with Crippen molar-refractivity contribution < 1.29 is 19.7 Å². The van der Waals surface area contributed by atoms with E-state index in [0.29, 0.717) is 17.6 Å². The van der Waals surface area contributed by atoms with E-state index in [9.17, 15) is 15.0 Å². The Morgan fingerprint density at radius 2 is 1.76 bits per heavy atom. The number of carbonyl (C=O) groups is 1. The number of fused-ring (bicyclic) bond motifs is 1. The first kappa shape index (κ1) is 20.7. The Kier molecular flexibility index (Phi) is 6.78. The van der Waals surface area contributed by atoms with Crippen LogP contribution in [0.5, 0.6) is 11.5 Å². The number of phenols is 2. The fourth-order valence-corrected chi connectivity index (χ4v) is 3.47. The highest BCUT2D eigenvalue weighted by molar-refractivity contribution is 6.33. The number of benzene rings is 2. The second kappa shape index (κ2) is 9.48. The summed E-state index contributed by atoms with van der Waals surface area (Å²) in [6.45, 7) is 3.99. The molecule has 0 radical (unpaired) electrons. The van der Waals surface area contributed by atoms with E-state index in [4.69, 9.17) is 16.3 Å². The Hall–Kier alpha value is -2.98. The molecule has 29 heavy (non-hydrogen) atoms.